The molecule has 0 spiro atoms. The van der Waals surface area contributed by atoms with Gasteiger partial charge in [0.25, 0.3) is 0 Å². The maximum absolute atomic E-state index is 11.8. The summed E-state index contributed by atoms with van der Waals surface area (Å²) in [5, 5.41) is 7.77. The molecule has 9 heavy (non-hydrogen) atoms. The van der Waals surface area contributed by atoms with Crippen LogP contribution in [0.15, 0.2) is 0 Å². The Morgan fingerprint density at radius 3 is 1.56 bits per heavy atom. The van der Waals surface area contributed by atoms with Crippen molar-refractivity contribution in [2.45, 2.75) is 10.5 Å². The van der Waals surface area contributed by atoms with E-state index >= 15 is 0 Å². The quantitative estimate of drug-likeness (QED) is 0.646. The minimum Gasteiger partial charge on any atom is -0.390 e. The van der Waals surface area contributed by atoms with Gasteiger partial charge in [-0.05, 0) is 0 Å². The maximum Gasteiger partial charge on any atom is 0.332 e. The van der Waals surface area contributed by atoms with Crippen molar-refractivity contribution in [3.63, 3.8) is 0 Å². The summed E-state index contributed by atoms with van der Waals surface area (Å²) in [6, 6.07) is 0. The van der Waals surface area contributed by atoms with Crippen LogP contribution in [0.4, 0.5) is 13.2 Å². The zero-order valence-electron chi connectivity index (χ0n) is 4.04. The van der Waals surface area contributed by atoms with E-state index in [1.54, 1.807) is 0 Å². The molecule has 56 valence electrons. The molecule has 1 N–H and O–H groups in total. The monoisotopic (exact) mass is 182 g/mol. The van der Waals surface area contributed by atoms with Gasteiger partial charge in [-0.2, -0.15) is 8.78 Å². The van der Waals surface area contributed by atoms with Crippen molar-refractivity contribution >= 4 is 23.2 Å². The second-order valence-electron chi connectivity index (χ2n) is 1.36. The summed E-state index contributed by atoms with van der Waals surface area (Å²) in [4.78, 5) is 0. The van der Waals surface area contributed by atoms with Crippen molar-refractivity contribution in [2.24, 2.45) is 0 Å². The van der Waals surface area contributed by atoms with Crippen LogP contribution in [-0.4, -0.2) is 22.2 Å². The Morgan fingerprint density at radius 2 is 1.56 bits per heavy atom. The molecular formula is C3H3Cl2F3O. The van der Waals surface area contributed by atoms with Crippen molar-refractivity contribution in [1.29, 1.82) is 0 Å². The van der Waals surface area contributed by atoms with Crippen molar-refractivity contribution in [2.75, 3.05) is 6.61 Å². The lowest BCUT2D eigenvalue weighted by molar-refractivity contribution is -0.0961. The second kappa shape index (κ2) is 2.52. The highest BCUT2D eigenvalue weighted by Crippen LogP contribution is 2.39. The van der Waals surface area contributed by atoms with Crippen LogP contribution in [0.2, 0.25) is 0 Å². The van der Waals surface area contributed by atoms with E-state index in [2.05, 4.69) is 23.2 Å². The molecule has 0 aliphatic rings. The van der Waals surface area contributed by atoms with Crippen molar-refractivity contribution < 1.29 is 18.3 Å². The van der Waals surface area contributed by atoms with Crippen molar-refractivity contribution in [1.82, 2.24) is 0 Å². The molecule has 0 bridgehead atoms. The highest BCUT2D eigenvalue weighted by Gasteiger charge is 2.52. The molecule has 0 rings (SSSR count). The molecule has 0 amide bonds. The average Bonchev–Trinajstić information content (AvgIpc) is 1.64. The zero-order chi connectivity index (χ0) is 7.71. The van der Waals surface area contributed by atoms with Crippen molar-refractivity contribution in [3.8, 4) is 0 Å². The van der Waals surface area contributed by atoms with E-state index < -0.39 is 17.1 Å². The molecule has 0 fully saturated rings. The minimum absolute atomic E-state index is 1.71. The van der Waals surface area contributed by atoms with E-state index in [0.29, 0.717) is 0 Å². The molecular weight excluding hydrogens is 180 g/mol. The Hall–Kier alpha value is 0.330. The fourth-order valence-electron chi connectivity index (χ4n) is 0.0896. The molecule has 0 saturated heterocycles. The Bertz CT molecular complexity index is 99.7. The SMILES string of the molecule is OCC(F)(F)C(F)(Cl)Cl. The highest BCUT2D eigenvalue weighted by molar-refractivity contribution is 6.47. The van der Waals surface area contributed by atoms with Gasteiger partial charge in [-0.3, -0.25) is 0 Å². The van der Waals surface area contributed by atoms with Crippen LogP contribution in [0.1, 0.15) is 0 Å². The van der Waals surface area contributed by atoms with E-state index in [0.717, 1.165) is 0 Å². The van der Waals surface area contributed by atoms with Gasteiger partial charge in [-0.1, -0.05) is 23.2 Å². The normalized spacial score (nSPS) is 14.0. The first-order valence-corrected chi connectivity index (χ1v) is 2.62. The van der Waals surface area contributed by atoms with Crippen LogP contribution >= 0.6 is 23.2 Å². The first kappa shape index (κ1) is 9.33. The Kier molecular flexibility index (Phi) is 2.61. The third-order valence-corrected chi connectivity index (χ3v) is 1.17. The van der Waals surface area contributed by atoms with Gasteiger partial charge in [0.1, 0.15) is 6.61 Å². The minimum atomic E-state index is -4.10. The molecule has 0 radical (unpaired) electrons. The van der Waals surface area contributed by atoms with Gasteiger partial charge in [-0.15, -0.1) is 0 Å². The van der Waals surface area contributed by atoms with Crippen LogP contribution in [-0.2, 0) is 0 Å². The molecule has 0 aromatic carbocycles. The number of halogens is 5. The van der Waals surface area contributed by atoms with E-state index in [9.17, 15) is 13.2 Å². The maximum atomic E-state index is 11.8. The molecule has 0 aliphatic heterocycles. The standard InChI is InChI=1S/C3H3Cl2F3O/c4-3(5,8)2(6,7)1-9/h9H,1H2. The van der Waals surface area contributed by atoms with Gasteiger partial charge in [0.05, 0.1) is 0 Å². The van der Waals surface area contributed by atoms with Gasteiger partial charge in [0.15, 0.2) is 0 Å². The van der Waals surface area contributed by atoms with Crippen LogP contribution in [0.5, 0.6) is 0 Å². The van der Waals surface area contributed by atoms with Crippen molar-refractivity contribution in [3.05, 3.63) is 0 Å². The number of aliphatic hydroxyl groups is 1. The summed E-state index contributed by atoms with van der Waals surface area (Å²) in [5.74, 6) is -4.10. The Labute approximate surface area is 59.4 Å². The molecule has 0 aromatic heterocycles. The summed E-state index contributed by atoms with van der Waals surface area (Å²) in [6.45, 7) is -1.71. The predicted octanol–water partition coefficient (Wildman–Crippen LogP) is 1.71. The van der Waals surface area contributed by atoms with E-state index in [1.807, 2.05) is 0 Å². The number of hydrogen-bond donors (Lipinski definition) is 1. The lowest BCUT2D eigenvalue weighted by atomic mass is 10.4. The summed E-state index contributed by atoms with van der Waals surface area (Å²) in [5.41, 5.74) is 0. The topological polar surface area (TPSA) is 20.2 Å². The number of alkyl halides is 5. The van der Waals surface area contributed by atoms with Gasteiger partial charge >= 0.3 is 10.5 Å². The molecule has 0 atom stereocenters. The van der Waals surface area contributed by atoms with E-state index in [1.165, 1.54) is 0 Å². The van der Waals surface area contributed by atoms with Crippen LogP contribution < -0.4 is 0 Å². The molecule has 1 nitrogen and oxygen atoms in total. The van der Waals surface area contributed by atoms with Crippen LogP contribution in [0, 0.1) is 0 Å². The predicted molar refractivity (Wildman–Crippen MR) is 27.6 cm³/mol. The lowest BCUT2D eigenvalue weighted by Crippen LogP contribution is -2.37. The fraction of sp³-hybridized carbons (Fsp3) is 1.00. The lowest BCUT2D eigenvalue weighted by Gasteiger charge is -2.19. The summed E-state index contributed by atoms with van der Waals surface area (Å²) in [7, 11) is 0. The zero-order valence-corrected chi connectivity index (χ0v) is 5.56. The average molecular weight is 183 g/mol. The molecule has 0 aromatic rings. The smallest absolute Gasteiger partial charge is 0.332 e. The first-order chi connectivity index (χ1) is 3.81. The molecule has 6 heteroatoms. The third kappa shape index (κ3) is 2.20. The molecule has 0 saturated carbocycles. The Balaban J connectivity index is 4.14. The molecule has 0 heterocycles. The van der Waals surface area contributed by atoms with Gasteiger partial charge in [-0.25, -0.2) is 4.39 Å². The van der Waals surface area contributed by atoms with Gasteiger partial charge < -0.3 is 5.11 Å². The molecule has 0 unspecified atom stereocenters. The largest absolute Gasteiger partial charge is 0.390 e. The Morgan fingerprint density at radius 1 is 1.22 bits per heavy atom. The highest BCUT2D eigenvalue weighted by atomic mass is 35.5. The van der Waals surface area contributed by atoms with Crippen LogP contribution in [0.25, 0.3) is 0 Å². The summed E-state index contributed by atoms with van der Waals surface area (Å²) in [6.07, 6.45) is 0. The number of hydrogen-bond acceptors (Lipinski definition) is 1. The van der Waals surface area contributed by atoms with E-state index in [-0.39, 0.29) is 0 Å². The third-order valence-electron chi connectivity index (χ3n) is 0.613. The van der Waals surface area contributed by atoms with Gasteiger partial charge in [0.2, 0.25) is 0 Å². The fourth-order valence-corrected chi connectivity index (χ4v) is 0.209. The van der Waals surface area contributed by atoms with Gasteiger partial charge in [0, 0.05) is 0 Å². The summed E-state index contributed by atoms with van der Waals surface area (Å²) >= 11 is 8.63. The summed E-state index contributed by atoms with van der Waals surface area (Å²) < 4.78 is 31.6. The van der Waals surface area contributed by atoms with E-state index in [4.69, 9.17) is 5.11 Å². The number of rotatable bonds is 2. The van der Waals surface area contributed by atoms with Crippen LogP contribution in [0.3, 0.4) is 0 Å². The first-order valence-electron chi connectivity index (χ1n) is 1.86. The number of aliphatic hydroxyl groups excluding tert-OH is 1. The second-order valence-corrected chi connectivity index (χ2v) is 2.60. The molecule has 0 aliphatic carbocycles.